The number of amides is 1. The van der Waals surface area contributed by atoms with Crippen molar-refractivity contribution >= 4 is 34.7 Å². The number of aryl methyl sites for hydroxylation is 1. The molecule has 2 aliphatic heterocycles. The van der Waals surface area contributed by atoms with Gasteiger partial charge in [0, 0.05) is 12.8 Å². The Morgan fingerprint density at radius 3 is 2.86 bits per heavy atom. The molecule has 36 heavy (non-hydrogen) atoms. The lowest BCUT2D eigenvalue weighted by Crippen LogP contribution is -2.28. The number of carbonyl (C=O) groups is 1. The Labute approximate surface area is 218 Å². The number of hydrogen-bond acceptors (Lipinski definition) is 9. The van der Waals surface area contributed by atoms with Crippen LogP contribution in [0.3, 0.4) is 0 Å². The minimum absolute atomic E-state index is 0.101. The van der Waals surface area contributed by atoms with Gasteiger partial charge in [-0.05, 0) is 41.5 Å². The molecular formula is C26H28N4O4S2. The maximum atomic E-state index is 13.3. The van der Waals surface area contributed by atoms with E-state index in [0.29, 0.717) is 23.3 Å². The monoisotopic (exact) mass is 524 g/mol. The molecule has 2 aromatic heterocycles. The fourth-order valence-electron chi connectivity index (χ4n) is 5.10. The normalized spacial score (nSPS) is 19.6. The summed E-state index contributed by atoms with van der Waals surface area (Å²) in [5.74, 6) is 2.92. The zero-order chi connectivity index (χ0) is 24.3. The highest BCUT2D eigenvalue weighted by Gasteiger charge is 2.34. The van der Waals surface area contributed by atoms with E-state index in [4.69, 9.17) is 19.0 Å². The SMILES string of the molecule is O=C(CSc1nnc(CCC2CCCCC2)o1)N1N=C(c2cccs2)CC1c1ccc2c(c1)OCO2. The molecule has 1 fully saturated rings. The molecule has 3 aliphatic rings. The molecule has 0 spiro atoms. The molecule has 1 aromatic carbocycles. The van der Waals surface area contributed by atoms with Crippen molar-refractivity contribution in [1.82, 2.24) is 15.2 Å². The van der Waals surface area contributed by atoms with Crippen LogP contribution in [0.5, 0.6) is 11.5 Å². The van der Waals surface area contributed by atoms with Crippen LogP contribution in [-0.2, 0) is 11.2 Å². The van der Waals surface area contributed by atoms with Crippen LogP contribution in [-0.4, -0.2) is 39.4 Å². The van der Waals surface area contributed by atoms with Crippen molar-refractivity contribution in [2.24, 2.45) is 11.0 Å². The molecule has 4 heterocycles. The average molecular weight is 525 g/mol. The molecule has 8 nitrogen and oxygen atoms in total. The first-order valence-electron chi connectivity index (χ1n) is 12.5. The summed E-state index contributed by atoms with van der Waals surface area (Å²) < 4.78 is 16.9. The predicted molar refractivity (Wildman–Crippen MR) is 138 cm³/mol. The van der Waals surface area contributed by atoms with Crippen LogP contribution in [0.2, 0.25) is 0 Å². The highest BCUT2D eigenvalue weighted by Crippen LogP contribution is 2.40. The molecule has 1 unspecified atom stereocenters. The maximum absolute atomic E-state index is 13.3. The molecule has 0 saturated heterocycles. The summed E-state index contributed by atoms with van der Waals surface area (Å²) in [6.07, 6.45) is 9.17. The Kier molecular flexibility index (Phi) is 6.96. The lowest BCUT2D eigenvalue weighted by molar-refractivity contribution is -0.130. The van der Waals surface area contributed by atoms with Crippen LogP contribution in [0.25, 0.3) is 0 Å². The molecule has 1 atom stereocenters. The summed E-state index contributed by atoms with van der Waals surface area (Å²) >= 11 is 2.90. The number of rotatable bonds is 8. The fraction of sp³-hybridized carbons (Fsp3) is 0.462. The smallest absolute Gasteiger partial charge is 0.277 e. The third-order valence-electron chi connectivity index (χ3n) is 7.01. The lowest BCUT2D eigenvalue weighted by atomic mass is 9.86. The van der Waals surface area contributed by atoms with E-state index in [1.165, 1.54) is 43.9 Å². The van der Waals surface area contributed by atoms with E-state index < -0.39 is 0 Å². The van der Waals surface area contributed by atoms with Crippen molar-refractivity contribution in [3.05, 3.63) is 52.0 Å². The average Bonchev–Trinajstić information content (AvgIpc) is 3.72. The van der Waals surface area contributed by atoms with Crippen molar-refractivity contribution in [3.8, 4) is 11.5 Å². The van der Waals surface area contributed by atoms with Gasteiger partial charge < -0.3 is 13.9 Å². The first kappa shape index (κ1) is 23.5. The molecule has 1 aliphatic carbocycles. The van der Waals surface area contributed by atoms with E-state index in [9.17, 15) is 4.79 Å². The number of carbonyl (C=O) groups excluding carboxylic acids is 1. The number of hydrogen-bond donors (Lipinski definition) is 0. The molecule has 0 N–H and O–H groups in total. The largest absolute Gasteiger partial charge is 0.454 e. The van der Waals surface area contributed by atoms with E-state index in [0.717, 1.165) is 40.7 Å². The number of aromatic nitrogens is 2. The second kappa shape index (κ2) is 10.6. The number of hydrazone groups is 1. The van der Waals surface area contributed by atoms with Gasteiger partial charge in [-0.2, -0.15) is 5.10 Å². The number of fused-ring (bicyclic) bond motifs is 1. The first-order valence-corrected chi connectivity index (χ1v) is 14.4. The van der Waals surface area contributed by atoms with Crippen LogP contribution in [0.4, 0.5) is 0 Å². The van der Waals surface area contributed by atoms with Gasteiger partial charge >= 0.3 is 0 Å². The topological polar surface area (TPSA) is 90.1 Å². The van der Waals surface area contributed by atoms with Crippen LogP contribution in [0.15, 0.2) is 50.5 Å². The third-order valence-corrected chi connectivity index (χ3v) is 8.73. The van der Waals surface area contributed by atoms with Crippen molar-refractivity contribution in [3.63, 3.8) is 0 Å². The van der Waals surface area contributed by atoms with Gasteiger partial charge in [0.05, 0.1) is 22.4 Å². The van der Waals surface area contributed by atoms with Gasteiger partial charge in [0.2, 0.25) is 12.7 Å². The summed E-state index contributed by atoms with van der Waals surface area (Å²) in [4.78, 5) is 14.4. The van der Waals surface area contributed by atoms with Gasteiger partial charge in [-0.1, -0.05) is 56.0 Å². The molecule has 0 bridgehead atoms. The Bertz CT molecular complexity index is 1240. The summed E-state index contributed by atoms with van der Waals surface area (Å²) in [7, 11) is 0. The van der Waals surface area contributed by atoms with Crippen molar-refractivity contribution in [2.75, 3.05) is 12.5 Å². The van der Waals surface area contributed by atoms with E-state index in [1.807, 2.05) is 35.7 Å². The van der Waals surface area contributed by atoms with E-state index >= 15 is 0 Å². The quantitative estimate of drug-likeness (QED) is 0.342. The van der Waals surface area contributed by atoms with Gasteiger partial charge in [0.25, 0.3) is 11.1 Å². The van der Waals surface area contributed by atoms with Gasteiger partial charge in [-0.3, -0.25) is 4.79 Å². The van der Waals surface area contributed by atoms with Gasteiger partial charge in [-0.15, -0.1) is 21.5 Å². The highest BCUT2D eigenvalue weighted by molar-refractivity contribution is 7.99. The Morgan fingerprint density at radius 1 is 1.11 bits per heavy atom. The van der Waals surface area contributed by atoms with E-state index in [1.54, 1.807) is 16.3 Å². The molecule has 188 valence electrons. The molecule has 3 aromatic rings. The number of benzene rings is 1. The summed E-state index contributed by atoms with van der Waals surface area (Å²) in [5, 5.41) is 17.2. The zero-order valence-corrected chi connectivity index (χ0v) is 21.6. The standard InChI is InChI=1S/C26H28N4O4S2/c31-25(15-36-26-28-27-24(34-26)11-8-17-5-2-1-3-6-17)30-20(14-19(29-30)23-7-4-12-35-23)18-9-10-21-22(13-18)33-16-32-21/h4,7,9-10,12-13,17,20H,1-3,5-6,8,11,14-16H2. The van der Waals surface area contributed by atoms with Crippen LogP contribution in [0, 0.1) is 5.92 Å². The highest BCUT2D eigenvalue weighted by atomic mass is 32.2. The van der Waals surface area contributed by atoms with Gasteiger partial charge in [0.1, 0.15) is 0 Å². The number of thioether (sulfide) groups is 1. The first-order chi connectivity index (χ1) is 17.7. The second-order valence-electron chi connectivity index (χ2n) is 9.39. The lowest BCUT2D eigenvalue weighted by Gasteiger charge is -2.22. The maximum Gasteiger partial charge on any atom is 0.277 e. The zero-order valence-electron chi connectivity index (χ0n) is 19.9. The second-order valence-corrected chi connectivity index (χ2v) is 11.3. The molecule has 10 heteroatoms. The number of ether oxygens (including phenoxy) is 2. The number of nitrogens with zero attached hydrogens (tertiary/aromatic N) is 4. The van der Waals surface area contributed by atoms with E-state index in [-0.39, 0.29) is 24.5 Å². The Morgan fingerprint density at radius 2 is 2.00 bits per heavy atom. The van der Waals surface area contributed by atoms with E-state index in [2.05, 4.69) is 10.2 Å². The Hall–Kier alpha value is -2.85. The predicted octanol–water partition coefficient (Wildman–Crippen LogP) is 5.84. The molecule has 0 radical (unpaired) electrons. The number of thiophene rings is 1. The fourth-order valence-corrected chi connectivity index (χ4v) is 6.46. The molecular weight excluding hydrogens is 496 g/mol. The molecule has 1 amide bonds. The van der Waals surface area contributed by atoms with Crippen LogP contribution < -0.4 is 9.47 Å². The minimum Gasteiger partial charge on any atom is -0.454 e. The van der Waals surface area contributed by atoms with Crippen LogP contribution >= 0.6 is 23.1 Å². The van der Waals surface area contributed by atoms with Crippen LogP contribution in [0.1, 0.15) is 67.3 Å². The molecule has 6 rings (SSSR count). The molecule has 1 saturated carbocycles. The minimum atomic E-state index is -0.210. The van der Waals surface area contributed by atoms with Crippen molar-refractivity contribution in [2.45, 2.75) is 62.6 Å². The van der Waals surface area contributed by atoms with Gasteiger partial charge in [0.15, 0.2) is 11.5 Å². The van der Waals surface area contributed by atoms with Crippen molar-refractivity contribution < 1.29 is 18.7 Å². The summed E-state index contributed by atoms with van der Waals surface area (Å²) in [5.41, 5.74) is 1.88. The van der Waals surface area contributed by atoms with Gasteiger partial charge in [-0.25, -0.2) is 5.01 Å². The third kappa shape index (κ3) is 5.15. The summed E-state index contributed by atoms with van der Waals surface area (Å²) in [6, 6.07) is 9.65. The van der Waals surface area contributed by atoms with Crippen molar-refractivity contribution in [1.29, 1.82) is 0 Å². The Balaban J connectivity index is 1.12. The summed E-state index contributed by atoms with van der Waals surface area (Å²) in [6.45, 7) is 0.215.